The van der Waals surface area contributed by atoms with E-state index in [9.17, 15) is 9.59 Å². The first-order valence-corrected chi connectivity index (χ1v) is 10.1. The Kier molecular flexibility index (Phi) is 6.27. The van der Waals surface area contributed by atoms with Gasteiger partial charge in [-0.05, 0) is 62.6 Å². The number of amides is 1. The number of nitrogens with two attached hydrogens (primary N) is 1. The second-order valence-corrected chi connectivity index (χ2v) is 7.97. The zero-order chi connectivity index (χ0) is 21.9. The molecule has 0 fully saturated rings. The number of ether oxygens (including phenoxy) is 1. The summed E-state index contributed by atoms with van der Waals surface area (Å²) < 4.78 is 11.0. The number of unbranched alkanes of at least 4 members (excludes halogenated alkanes) is 1. The summed E-state index contributed by atoms with van der Waals surface area (Å²) in [5.74, 6) is 0.163. The van der Waals surface area contributed by atoms with Crippen LogP contribution < -0.4 is 21.4 Å². The summed E-state index contributed by atoms with van der Waals surface area (Å²) in [6.45, 7) is 5.91. The summed E-state index contributed by atoms with van der Waals surface area (Å²) in [4.78, 5) is 25.3. The van der Waals surface area contributed by atoms with Gasteiger partial charge in [0.1, 0.15) is 16.9 Å². The summed E-state index contributed by atoms with van der Waals surface area (Å²) >= 11 is 0. The quantitative estimate of drug-likeness (QED) is 0.558. The molecule has 3 N–H and O–H groups in total. The van der Waals surface area contributed by atoms with Crippen LogP contribution in [0.2, 0.25) is 0 Å². The highest BCUT2D eigenvalue weighted by Gasteiger charge is 2.18. The van der Waals surface area contributed by atoms with E-state index in [1.807, 2.05) is 32.0 Å². The molecule has 30 heavy (non-hydrogen) atoms. The minimum Gasteiger partial charge on any atom is -0.496 e. The Morgan fingerprint density at radius 3 is 2.47 bits per heavy atom. The normalized spacial score (nSPS) is 11.5. The van der Waals surface area contributed by atoms with Gasteiger partial charge in [0, 0.05) is 22.2 Å². The van der Waals surface area contributed by atoms with Gasteiger partial charge >= 0.3 is 5.63 Å². The van der Waals surface area contributed by atoms with Gasteiger partial charge in [0.25, 0.3) is 5.91 Å². The molecule has 0 saturated heterocycles. The number of methoxy groups -OCH3 is 1. The molecule has 0 saturated carbocycles. The topological polar surface area (TPSA) is 94.6 Å². The zero-order valence-corrected chi connectivity index (χ0v) is 17.9. The van der Waals surface area contributed by atoms with Gasteiger partial charge in [-0.25, -0.2) is 4.79 Å². The number of rotatable bonds is 7. The van der Waals surface area contributed by atoms with E-state index in [4.69, 9.17) is 14.9 Å². The van der Waals surface area contributed by atoms with Gasteiger partial charge in [-0.2, -0.15) is 0 Å². The third-order valence-electron chi connectivity index (χ3n) is 5.09. The lowest BCUT2D eigenvalue weighted by atomic mass is 9.95. The maximum absolute atomic E-state index is 12.7. The van der Waals surface area contributed by atoms with E-state index in [-0.39, 0.29) is 5.56 Å². The second-order valence-electron chi connectivity index (χ2n) is 7.97. The third kappa shape index (κ3) is 4.54. The molecule has 0 aliphatic heterocycles. The van der Waals surface area contributed by atoms with Crippen molar-refractivity contribution in [2.75, 3.05) is 12.4 Å². The number of nitrogens with one attached hydrogen (secondary N) is 1. The SMILES string of the molecule is CCCCc1c(OC)ccc2cc(C(=O)Nc3ccc(C(C)(C)N)cc3)c(=O)oc12. The maximum Gasteiger partial charge on any atom is 0.349 e. The lowest BCUT2D eigenvalue weighted by Gasteiger charge is -2.19. The van der Waals surface area contributed by atoms with Crippen molar-refractivity contribution < 1.29 is 13.9 Å². The van der Waals surface area contributed by atoms with Crippen molar-refractivity contribution in [1.82, 2.24) is 0 Å². The van der Waals surface area contributed by atoms with Crippen LogP contribution in [0.25, 0.3) is 11.0 Å². The smallest absolute Gasteiger partial charge is 0.349 e. The van der Waals surface area contributed by atoms with E-state index in [0.29, 0.717) is 22.4 Å². The average molecular weight is 408 g/mol. The average Bonchev–Trinajstić information content (AvgIpc) is 2.71. The van der Waals surface area contributed by atoms with Gasteiger partial charge in [-0.3, -0.25) is 4.79 Å². The van der Waals surface area contributed by atoms with Crippen molar-refractivity contribution in [2.45, 2.75) is 45.6 Å². The number of hydrogen-bond acceptors (Lipinski definition) is 5. The summed E-state index contributed by atoms with van der Waals surface area (Å²) in [5, 5.41) is 3.44. The van der Waals surface area contributed by atoms with Crippen LogP contribution in [0.4, 0.5) is 5.69 Å². The van der Waals surface area contributed by atoms with E-state index in [1.54, 1.807) is 31.4 Å². The fourth-order valence-corrected chi connectivity index (χ4v) is 3.35. The summed E-state index contributed by atoms with van der Waals surface area (Å²) in [6, 6.07) is 12.4. The molecule has 0 radical (unpaired) electrons. The first kappa shape index (κ1) is 21.6. The van der Waals surface area contributed by atoms with Gasteiger partial charge in [-0.1, -0.05) is 25.5 Å². The Morgan fingerprint density at radius 1 is 1.17 bits per heavy atom. The Labute approximate surface area is 176 Å². The first-order chi connectivity index (χ1) is 14.2. The molecule has 158 valence electrons. The molecule has 3 rings (SSSR count). The van der Waals surface area contributed by atoms with E-state index in [0.717, 1.165) is 30.4 Å². The number of benzene rings is 2. The van der Waals surface area contributed by atoms with Crippen LogP contribution in [0.1, 0.15) is 55.1 Å². The molecule has 1 amide bonds. The minimum atomic E-state index is -0.675. The molecule has 6 heteroatoms. The minimum absolute atomic E-state index is 0.0441. The second kappa shape index (κ2) is 8.71. The molecular formula is C24H28N2O4. The predicted molar refractivity (Wildman–Crippen MR) is 119 cm³/mol. The summed E-state index contributed by atoms with van der Waals surface area (Å²) in [7, 11) is 1.59. The van der Waals surface area contributed by atoms with Crippen LogP contribution in [0.3, 0.4) is 0 Å². The van der Waals surface area contributed by atoms with Crippen molar-refractivity contribution in [1.29, 1.82) is 0 Å². The molecule has 3 aromatic rings. The molecule has 6 nitrogen and oxygen atoms in total. The number of carbonyl (C=O) groups is 1. The number of anilines is 1. The molecule has 0 atom stereocenters. The van der Waals surface area contributed by atoms with E-state index in [1.165, 1.54) is 0 Å². The largest absolute Gasteiger partial charge is 0.496 e. The van der Waals surface area contributed by atoms with Crippen LogP contribution in [0.15, 0.2) is 51.7 Å². The molecule has 1 heterocycles. The maximum atomic E-state index is 12.7. The van der Waals surface area contributed by atoms with Crippen LogP contribution in [-0.4, -0.2) is 13.0 Å². The lowest BCUT2D eigenvalue weighted by Crippen LogP contribution is -2.28. The van der Waals surface area contributed by atoms with Crippen molar-refractivity contribution in [3.05, 3.63) is 69.6 Å². The van der Waals surface area contributed by atoms with Crippen molar-refractivity contribution >= 4 is 22.6 Å². The van der Waals surface area contributed by atoms with Crippen LogP contribution in [-0.2, 0) is 12.0 Å². The molecule has 2 aromatic carbocycles. The summed E-state index contributed by atoms with van der Waals surface area (Å²) in [6.07, 6.45) is 2.68. The lowest BCUT2D eigenvalue weighted by molar-refractivity contribution is 0.102. The van der Waals surface area contributed by atoms with E-state index >= 15 is 0 Å². The Bertz CT molecular complexity index is 1110. The molecule has 0 bridgehead atoms. The number of carbonyl (C=O) groups excluding carboxylic acids is 1. The van der Waals surface area contributed by atoms with Gasteiger partial charge in [0.15, 0.2) is 0 Å². The van der Waals surface area contributed by atoms with Crippen molar-refractivity contribution in [3.8, 4) is 5.75 Å². The molecular weight excluding hydrogens is 380 g/mol. The predicted octanol–water partition coefficient (Wildman–Crippen LogP) is 4.59. The number of aryl methyl sites for hydroxylation is 1. The number of hydrogen-bond donors (Lipinski definition) is 2. The monoisotopic (exact) mass is 408 g/mol. The van der Waals surface area contributed by atoms with E-state index < -0.39 is 17.1 Å². The highest BCUT2D eigenvalue weighted by molar-refractivity contribution is 6.05. The van der Waals surface area contributed by atoms with Crippen molar-refractivity contribution in [2.24, 2.45) is 5.73 Å². The third-order valence-corrected chi connectivity index (χ3v) is 5.09. The van der Waals surface area contributed by atoms with Gasteiger partial charge < -0.3 is 20.2 Å². The first-order valence-electron chi connectivity index (χ1n) is 10.1. The molecule has 0 aliphatic carbocycles. The number of fused-ring (bicyclic) bond motifs is 1. The Hall–Kier alpha value is -3.12. The van der Waals surface area contributed by atoms with Crippen LogP contribution >= 0.6 is 0 Å². The van der Waals surface area contributed by atoms with E-state index in [2.05, 4.69) is 12.2 Å². The van der Waals surface area contributed by atoms with Crippen molar-refractivity contribution in [3.63, 3.8) is 0 Å². The molecule has 0 spiro atoms. The van der Waals surface area contributed by atoms with Crippen LogP contribution in [0.5, 0.6) is 5.75 Å². The Balaban J connectivity index is 1.93. The molecule has 0 unspecified atom stereocenters. The molecule has 0 aliphatic rings. The van der Waals surface area contributed by atoms with Gasteiger partial charge in [0.05, 0.1) is 7.11 Å². The zero-order valence-electron chi connectivity index (χ0n) is 17.9. The fraction of sp³-hybridized carbons (Fsp3) is 0.333. The van der Waals surface area contributed by atoms with Gasteiger partial charge in [0.2, 0.25) is 0 Å². The van der Waals surface area contributed by atoms with Gasteiger partial charge in [-0.15, -0.1) is 0 Å². The summed E-state index contributed by atoms with van der Waals surface area (Å²) in [5.41, 5.74) is 7.73. The highest BCUT2D eigenvalue weighted by atomic mass is 16.5. The fourth-order valence-electron chi connectivity index (χ4n) is 3.35. The molecule has 1 aromatic heterocycles. The Morgan fingerprint density at radius 2 is 1.87 bits per heavy atom. The standard InChI is InChI=1S/C24H28N2O4/c1-5-6-7-18-20(29-4)13-8-15-14-19(23(28)30-21(15)18)22(27)26-17-11-9-16(10-12-17)24(2,3)25/h8-14H,5-7,25H2,1-4H3,(H,26,27). The van der Waals surface area contributed by atoms with Crippen LogP contribution in [0, 0.1) is 0 Å². The highest BCUT2D eigenvalue weighted by Crippen LogP contribution is 2.29.